The molecule has 0 spiro atoms. The van der Waals surface area contributed by atoms with Crippen molar-refractivity contribution in [2.24, 2.45) is 0 Å². The lowest BCUT2D eigenvalue weighted by molar-refractivity contribution is -0.121. The molecule has 0 aliphatic carbocycles. The number of aryl methyl sites for hydroxylation is 1. The molecule has 26 heavy (non-hydrogen) atoms. The van der Waals surface area contributed by atoms with Gasteiger partial charge in [0.25, 0.3) is 0 Å². The molecule has 2 rings (SSSR count). The van der Waals surface area contributed by atoms with E-state index < -0.39 is 0 Å². The van der Waals surface area contributed by atoms with Crippen molar-refractivity contribution in [3.63, 3.8) is 0 Å². The fraction of sp³-hybridized carbons (Fsp3) is 0.381. The molecular formula is C21H29ClN2O2. The SMILES string of the molecule is CCCCOc1ccc(CCNC(=O)CCc2ccccc2N)cc1.Cl. The number of rotatable bonds is 10. The number of nitrogen functional groups attached to an aromatic ring is 1. The van der Waals surface area contributed by atoms with Gasteiger partial charge >= 0.3 is 0 Å². The van der Waals surface area contributed by atoms with Crippen molar-refractivity contribution < 1.29 is 9.53 Å². The number of hydrogen-bond donors (Lipinski definition) is 2. The highest BCUT2D eigenvalue weighted by Gasteiger charge is 2.04. The van der Waals surface area contributed by atoms with Gasteiger partial charge in [-0.1, -0.05) is 43.7 Å². The predicted octanol–water partition coefficient (Wildman–Crippen LogP) is 4.16. The maximum atomic E-state index is 11.9. The van der Waals surface area contributed by atoms with Gasteiger partial charge < -0.3 is 15.8 Å². The molecule has 5 heteroatoms. The Morgan fingerprint density at radius 3 is 2.50 bits per heavy atom. The van der Waals surface area contributed by atoms with Crippen molar-refractivity contribution in [1.82, 2.24) is 5.32 Å². The van der Waals surface area contributed by atoms with E-state index in [0.29, 0.717) is 19.4 Å². The number of hydrogen-bond acceptors (Lipinski definition) is 3. The summed E-state index contributed by atoms with van der Waals surface area (Å²) in [6.45, 7) is 3.55. The number of nitrogens with one attached hydrogen (secondary N) is 1. The summed E-state index contributed by atoms with van der Waals surface area (Å²) in [6.07, 6.45) is 4.15. The van der Waals surface area contributed by atoms with Crippen LogP contribution in [0.1, 0.15) is 37.3 Å². The van der Waals surface area contributed by atoms with E-state index in [9.17, 15) is 4.79 Å². The number of benzene rings is 2. The zero-order chi connectivity index (χ0) is 17.9. The van der Waals surface area contributed by atoms with Crippen LogP contribution in [0.15, 0.2) is 48.5 Å². The summed E-state index contributed by atoms with van der Waals surface area (Å²) in [5.41, 5.74) is 8.85. The summed E-state index contributed by atoms with van der Waals surface area (Å²) in [5.74, 6) is 0.962. The number of halogens is 1. The molecule has 0 fully saturated rings. The Hall–Kier alpha value is -2.20. The Morgan fingerprint density at radius 1 is 1.08 bits per heavy atom. The number of para-hydroxylation sites is 1. The van der Waals surface area contributed by atoms with Gasteiger partial charge in [-0.05, 0) is 48.6 Å². The maximum absolute atomic E-state index is 11.9. The van der Waals surface area contributed by atoms with Crippen molar-refractivity contribution in [1.29, 1.82) is 0 Å². The van der Waals surface area contributed by atoms with Crippen LogP contribution < -0.4 is 15.8 Å². The summed E-state index contributed by atoms with van der Waals surface area (Å²) >= 11 is 0. The molecule has 0 saturated heterocycles. The van der Waals surface area contributed by atoms with Gasteiger partial charge in [0.05, 0.1) is 6.61 Å². The van der Waals surface area contributed by atoms with E-state index in [1.165, 1.54) is 5.56 Å². The van der Waals surface area contributed by atoms with E-state index >= 15 is 0 Å². The van der Waals surface area contributed by atoms with Crippen LogP contribution in [0.5, 0.6) is 5.75 Å². The monoisotopic (exact) mass is 376 g/mol. The molecule has 0 aliphatic rings. The van der Waals surface area contributed by atoms with Gasteiger partial charge in [-0.15, -0.1) is 12.4 Å². The van der Waals surface area contributed by atoms with Crippen LogP contribution in [-0.2, 0) is 17.6 Å². The van der Waals surface area contributed by atoms with Gasteiger partial charge in [-0.3, -0.25) is 4.79 Å². The molecular weight excluding hydrogens is 348 g/mol. The standard InChI is InChI=1S/C21H28N2O2.ClH/c1-2-3-16-25-19-11-8-17(9-12-19)14-15-23-21(24)13-10-18-6-4-5-7-20(18)22;/h4-9,11-12H,2-3,10,13-16,22H2,1H3,(H,23,24);1H. The minimum absolute atomic E-state index is 0. The number of amides is 1. The van der Waals surface area contributed by atoms with Crippen LogP contribution in [0, 0.1) is 0 Å². The topological polar surface area (TPSA) is 64.3 Å². The molecule has 4 nitrogen and oxygen atoms in total. The molecule has 0 atom stereocenters. The van der Waals surface area contributed by atoms with Crippen LogP contribution >= 0.6 is 12.4 Å². The largest absolute Gasteiger partial charge is 0.494 e. The first-order chi connectivity index (χ1) is 12.2. The number of anilines is 1. The van der Waals surface area contributed by atoms with Crippen molar-refractivity contribution in [3.05, 3.63) is 59.7 Å². The molecule has 2 aromatic carbocycles. The molecule has 0 aromatic heterocycles. The Bertz CT molecular complexity index is 659. The second kappa shape index (κ2) is 12.2. The highest BCUT2D eigenvalue weighted by molar-refractivity contribution is 5.85. The van der Waals surface area contributed by atoms with Crippen molar-refractivity contribution >= 4 is 24.0 Å². The lowest BCUT2D eigenvalue weighted by Crippen LogP contribution is -2.25. The average molecular weight is 377 g/mol. The Balaban J connectivity index is 0.00000338. The Labute approximate surface area is 162 Å². The summed E-state index contributed by atoms with van der Waals surface area (Å²) in [6, 6.07) is 15.8. The van der Waals surface area contributed by atoms with Gasteiger partial charge in [-0.25, -0.2) is 0 Å². The quantitative estimate of drug-likeness (QED) is 0.483. The first-order valence-electron chi connectivity index (χ1n) is 9.01. The average Bonchev–Trinajstić information content (AvgIpc) is 2.62. The third-order valence-corrected chi connectivity index (χ3v) is 4.10. The van der Waals surface area contributed by atoms with Crippen LogP contribution in [0.25, 0.3) is 0 Å². The van der Waals surface area contributed by atoms with E-state index in [1.807, 2.05) is 36.4 Å². The van der Waals surface area contributed by atoms with Gasteiger partial charge in [0, 0.05) is 18.7 Å². The van der Waals surface area contributed by atoms with Gasteiger partial charge in [0.1, 0.15) is 5.75 Å². The third kappa shape index (κ3) is 7.79. The lowest BCUT2D eigenvalue weighted by Gasteiger charge is -2.08. The third-order valence-electron chi connectivity index (χ3n) is 4.10. The van der Waals surface area contributed by atoms with Crippen LogP contribution in [0.2, 0.25) is 0 Å². The van der Waals surface area contributed by atoms with Gasteiger partial charge in [0.15, 0.2) is 0 Å². The normalized spacial score (nSPS) is 10.0. The zero-order valence-electron chi connectivity index (χ0n) is 15.4. The van der Waals surface area contributed by atoms with E-state index in [-0.39, 0.29) is 18.3 Å². The van der Waals surface area contributed by atoms with Crippen molar-refractivity contribution in [3.8, 4) is 5.75 Å². The minimum atomic E-state index is 0. The molecule has 0 saturated carbocycles. The molecule has 0 unspecified atom stereocenters. The zero-order valence-corrected chi connectivity index (χ0v) is 16.2. The predicted molar refractivity (Wildman–Crippen MR) is 110 cm³/mol. The van der Waals surface area contributed by atoms with E-state index in [1.54, 1.807) is 0 Å². The van der Waals surface area contributed by atoms with Crippen LogP contribution in [-0.4, -0.2) is 19.1 Å². The van der Waals surface area contributed by atoms with E-state index in [2.05, 4.69) is 24.4 Å². The first kappa shape index (κ1) is 21.8. The second-order valence-electron chi connectivity index (χ2n) is 6.14. The molecule has 0 radical (unpaired) electrons. The molecule has 0 bridgehead atoms. The summed E-state index contributed by atoms with van der Waals surface area (Å²) in [5, 5.41) is 2.97. The van der Waals surface area contributed by atoms with Crippen LogP contribution in [0.4, 0.5) is 5.69 Å². The Morgan fingerprint density at radius 2 is 1.81 bits per heavy atom. The lowest BCUT2D eigenvalue weighted by atomic mass is 10.1. The van der Waals surface area contributed by atoms with Gasteiger partial charge in [0.2, 0.25) is 5.91 Å². The van der Waals surface area contributed by atoms with E-state index in [0.717, 1.165) is 42.9 Å². The second-order valence-corrected chi connectivity index (χ2v) is 6.14. The molecule has 2 aromatic rings. The summed E-state index contributed by atoms with van der Waals surface area (Å²) < 4.78 is 5.65. The highest BCUT2D eigenvalue weighted by atomic mass is 35.5. The van der Waals surface area contributed by atoms with Gasteiger partial charge in [-0.2, -0.15) is 0 Å². The first-order valence-corrected chi connectivity index (χ1v) is 9.01. The van der Waals surface area contributed by atoms with Crippen molar-refractivity contribution in [2.75, 3.05) is 18.9 Å². The van der Waals surface area contributed by atoms with E-state index in [4.69, 9.17) is 10.5 Å². The van der Waals surface area contributed by atoms with Crippen molar-refractivity contribution in [2.45, 2.75) is 39.0 Å². The number of unbranched alkanes of at least 4 members (excludes halogenated alkanes) is 1. The Kier molecular flexibility index (Phi) is 10.3. The number of ether oxygens (including phenoxy) is 1. The summed E-state index contributed by atoms with van der Waals surface area (Å²) in [4.78, 5) is 11.9. The van der Waals surface area contributed by atoms with Crippen LogP contribution in [0.3, 0.4) is 0 Å². The number of carbonyl (C=O) groups is 1. The summed E-state index contributed by atoms with van der Waals surface area (Å²) in [7, 11) is 0. The fourth-order valence-electron chi connectivity index (χ4n) is 2.53. The molecule has 0 heterocycles. The molecule has 3 N–H and O–H groups in total. The number of nitrogens with two attached hydrogens (primary N) is 1. The maximum Gasteiger partial charge on any atom is 0.220 e. The number of carbonyl (C=O) groups excluding carboxylic acids is 1. The fourth-order valence-corrected chi connectivity index (χ4v) is 2.53. The minimum Gasteiger partial charge on any atom is -0.494 e. The smallest absolute Gasteiger partial charge is 0.220 e. The molecule has 0 aliphatic heterocycles. The highest BCUT2D eigenvalue weighted by Crippen LogP contribution is 2.14. The molecule has 1 amide bonds. The molecule has 142 valence electrons.